The van der Waals surface area contributed by atoms with Crippen LogP contribution in [0, 0.1) is 0 Å². The van der Waals surface area contributed by atoms with Crippen LogP contribution in [0.2, 0.25) is 0 Å². The molecule has 1 aliphatic carbocycles. The van der Waals surface area contributed by atoms with Gasteiger partial charge >= 0.3 is 6.01 Å². The molecule has 0 aromatic carbocycles. The molecule has 8 nitrogen and oxygen atoms in total. The van der Waals surface area contributed by atoms with E-state index in [9.17, 15) is 4.79 Å². The summed E-state index contributed by atoms with van der Waals surface area (Å²) < 4.78 is 5.95. The number of fused-ring (bicyclic) bond motifs is 1. The number of ether oxygens (including phenoxy) is 1. The van der Waals surface area contributed by atoms with E-state index < -0.39 is 6.17 Å². The molecule has 1 atom stereocenters. The molecule has 1 saturated heterocycles. The minimum absolute atomic E-state index is 0.173. The first kappa shape index (κ1) is 19.2. The third-order valence-electron chi connectivity index (χ3n) is 6.07. The summed E-state index contributed by atoms with van der Waals surface area (Å²) in [6.07, 6.45) is 11.2. The fraction of sp³-hybridized carbons (Fsp3) is 0.750. The Morgan fingerprint density at radius 2 is 1.82 bits per heavy atom. The third kappa shape index (κ3) is 4.32. The van der Waals surface area contributed by atoms with Gasteiger partial charge in [-0.15, -0.1) is 0 Å². The number of aromatic nitrogens is 2. The number of nitrogens with one attached hydrogen (secondary N) is 1. The number of carbonyl (C=O) groups is 1. The zero-order chi connectivity index (χ0) is 19.3. The van der Waals surface area contributed by atoms with Crippen LogP contribution in [0.4, 0.5) is 17.3 Å². The van der Waals surface area contributed by atoms with Crippen LogP contribution in [0.3, 0.4) is 0 Å². The molecule has 1 unspecified atom stereocenters. The zero-order valence-electron chi connectivity index (χ0n) is 16.6. The summed E-state index contributed by atoms with van der Waals surface area (Å²) in [4.78, 5) is 25.1. The van der Waals surface area contributed by atoms with Crippen LogP contribution in [0.15, 0.2) is 0 Å². The Labute approximate surface area is 166 Å². The fourth-order valence-corrected chi connectivity index (χ4v) is 4.51. The number of aldehydes is 1. The molecule has 8 heteroatoms. The highest BCUT2D eigenvalue weighted by Gasteiger charge is 2.33. The van der Waals surface area contributed by atoms with Gasteiger partial charge in [0.25, 0.3) is 0 Å². The topological polar surface area (TPSA) is 96.6 Å². The lowest BCUT2D eigenvalue weighted by molar-refractivity contribution is -0.108. The second-order valence-electron chi connectivity index (χ2n) is 8.14. The maximum Gasteiger partial charge on any atom is 0.320 e. The molecule has 4 rings (SSSR count). The number of hydrogen-bond acceptors (Lipinski definition) is 8. The Kier molecular flexibility index (Phi) is 6.14. The Bertz CT molecular complexity index is 673. The predicted octanol–water partition coefficient (Wildman–Crippen LogP) is 2.40. The van der Waals surface area contributed by atoms with Crippen molar-refractivity contribution in [1.82, 2.24) is 14.9 Å². The molecule has 28 heavy (non-hydrogen) atoms. The predicted molar refractivity (Wildman–Crippen MR) is 110 cm³/mol. The largest absolute Gasteiger partial charge is 0.460 e. The Morgan fingerprint density at radius 1 is 1.07 bits per heavy atom. The summed E-state index contributed by atoms with van der Waals surface area (Å²) in [5.74, 6) is 1.04. The smallest absolute Gasteiger partial charge is 0.320 e. The van der Waals surface area contributed by atoms with Gasteiger partial charge in [-0.3, -0.25) is 4.79 Å². The molecule has 2 aliphatic heterocycles. The number of hydrogen-bond donors (Lipinski definition) is 2. The van der Waals surface area contributed by atoms with Gasteiger partial charge < -0.3 is 25.6 Å². The van der Waals surface area contributed by atoms with Crippen molar-refractivity contribution in [2.45, 2.75) is 70.1 Å². The van der Waals surface area contributed by atoms with Crippen molar-refractivity contribution < 1.29 is 9.53 Å². The lowest BCUT2D eigenvalue weighted by atomic mass is 10.1. The number of piperidine rings is 1. The zero-order valence-corrected chi connectivity index (χ0v) is 16.6. The van der Waals surface area contributed by atoms with Gasteiger partial charge in [0.2, 0.25) is 0 Å². The molecule has 3 aliphatic rings. The van der Waals surface area contributed by atoms with Crippen molar-refractivity contribution in [3.05, 3.63) is 0 Å². The van der Waals surface area contributed by atoms with Gasteiger partial charge in [-0.2, -0.15) is 9.97 Å². The highest BCUT2D eigenvalue weighted by Crippen LogP contribution is 2.38. The quantitative estimate of drug-likeness (QED) is 0.518. The van der Waals surface area contributed by atoms with Crippen LogP contribution in [0.5, 0.6) is 6.01 Å². The van der Waals surface area contributed by atoms with Gasteiger partial charge in [0.05, 0.1) is 0 Å². The van der Waals surface area contributed by atoms with E-state index in [-0.39, 0.29) is 6.10 Å². The summed E-state index contributed by atoms with van der Waals surface area (Å²) in [7, 11) is 0. The first-order valence-corrected chi connectivity index (χ1v) is 10.8. The molecule has 154 valence electrons. The van der Waals surface area contributed by atoms with Crippen molar-refractivity contribution in [2.75, 3.05) is 42.1 Å². The standard InChI is InChI=1S/C20H32N6O2/c21-18-17-19(24-20(23-18)28-15-8-2-3-9-15)26(16(14-27)22-17)13-7-6-12-25-10-4-1-5-11-25/h14-16,22H,1-13H2,(H2,21,23,24). The number of unbranched alkanes of at least 4 members (excludes halogenated alkanes) is 1. The van der Waals surface area contributed by atoms with E-state index in [4.69, 9.17) is 10.5 Å². The first-order valence-electron chi connectivity index (χ1n) is 10.8. The fourth-order valence-electron chi connectivity index (χ4n) is 4.51. The Balaban J connectivity index is 1.39. The van der Waals surface area contributed by atoms with E-state index >= 15 is 0 Å². The molecule has 3 N–H and O–H groups in total. The number of rotatable bonds is 8. The molecule has 1 aromatic rings. The van der Waals surface area contributed by atoms with Gasteiger partial charge in [0.15, 0.2) is 24.1 Å². The van der Waals surface area contributed by atoms with Gasteiger partial charge in [-0.1, -0.05) is 6.42 Å². The Morgan fingerprint density at radius 3 is 2.57 bits per heavy atom. The maximum atomic E-state index is 11.6. The van der Waals surface area contributed by atoms with E-state index in [2.05, 4.69) is 20.2 Å². The molecule has 0 bridgehead atoms. The van der Waals surface area contributed by atoms with E-state index in [1.54, 1.807) is 0 Å². The molecular weight excluding hydrogens is 356 g/mol. The van der Waals surface area contributed by atoms with Crippen LogP contribution in [0.25, 0.3) is 0 Å². The first-order chi connectivity index (χ1) is 13.7. The average Bonchev–Trinajstić information content (AvgIpc) is 3.34. The van der Waals surface area contributed by atoms with E-state index in [0.717, 1.165) is 45.1 Å². The molecule has 1 saturated carbocycles. The SMILES string of the molecule is Nc1nc(OC2CCCC2)nc2c1NC(C=O)N2CCCCN1CCCCC1. The average molecular weight is 389 g/mol. The minimum Gasteiger partial charge on any atom is -0.460 e. The summed E-state index contributed by atoms with van der Waals surface area (Å²) in [5, 5.41) is 3.16. The maximum absolute atomic E-state index is 11.6. The lowest BCUT2D eigenvalue weighted by Crippen LogP contribution is -2.38. The van der Waals surface area contributed by atoms with Gasteiger partial charge in [0, 0.05) is 6.54 Å². The van der Waals surface area contributed by atoms with Crippen LogP contribution in [-0.4, -0.2) is 59.6 Å². The van der Waals surface area contributed by atoms with Crippen molar-refractivity contribution in [2.24, 2.45) is 0 Å². The van der Waals surface area contributed by atoms with Gasteiger partial charge in [0.1, 0.15) is 11.8 Å². The molecular formula is C20H32N6O2. The van der Waals surface area contributed by atoms with Gasteiger partial charge in [-0.05, 0) is 71.0 Å². The van der Waals surface area contributed by atoms with Crippen molar-refractivity contribution in [3.8, 4) is 6.01 Å². The second-order valence-corrected chi connectivity index (χ2v) is 8.14. The molecule has 2 fully saturated rings. The number of likely N-dealkylation sites (tertiary alicyclic amines) is 1. The van der Waals surface area contributed by atoms with Crippen LogP contribution >= 0.6 is 0 Å². The monoisotopic (exact) mass is 388 g/mol. The molecule has 1 aromatic heterocycles. The van der Waals surface area contributed by atoms with Crippen molar-refractivity contribution >= 4 is 23.6 Å². The Hall–Kier alpha value is -2.09. The van der Waals surface area contributed by atoms with Crippen LogP contribution in [-0.2, 0) is 4.79 Å². The lowest BCUT2D eigenvalue weighted by Gasteiger charge is -2.27. The van der Waals surface area contributed by atoms with Crippen molar-refractivity contribution in [1.29, 1.82) is 0 Å². The third-order valence-corrected chi connectivity index (χ3v) is 6.07. The normalized spacial score (nSPS) is 22.9. The molecule has 3 heterocycles. The number of anilines is 3. The van der Waals surface area contributed by atoms with Crippen molar-refractivity contribution in [3.63, 3.8) is 0 Å². The second kappa shape index (κ2) is 8.94. The summed E-state index contributed by atoms with van der Waals surface area (Å²) >= 11 is 0. The molecule has 0 spiro atoms. The summed E-state index contributed by atoms with van der Waals surface area (Å²) in [6, 6.07) is 0.329. The number of nitrogen functional groups attached to an aromatic ring is 1. The number of carbonyl (C=O) groups excluding carboxylic acids is 1. The summed E-state index contributed by atoms with van der Waals surface area (Å²) in [6.45, 7) is 4.33. The highest BCUT2D eigenvalue weighted by molar-refractivity contribution is 5.87. The molecule has 0 radical (unpaired) electrons. The van der Waals surface area contributed by atoms with E-state index in [1.807, 2.05) is 4.90 Å². The van der Waals surface area contributed by atoms with E-state index in [0.29, 0.717) is 23.3 Å². The highest BCUT2D eigenvalue weighted by atomic mass is 16.5. The van der Waals surface area contributed by atoms with Gasteiger partial charge in [-0.25, -0.2) is 0 Å². The van der Waals surface area contributed by atoms with Crippen LogP contribution < -0.4 is 20.7 Å². The minimum atomic E-state index is -0.441. The summed E-state index contributed by atoms with van der Waals surface area (Å²) in [5.41, 5.74) is 6.78. The van der Waals surface area contributed by atoms with Crippen LogP contribution in [0.1, 0.15) is 57.8 Å². The molecule has 0 amide bonds. The number of nitrogens with two attached hydrogens (primary N) is 1. The number of nitrogens with zero attached hydrogens (tertiary/aromatic N) is 4. The van der Waals surface area contributed by atoms with E-state index in [1.165, 1.54) is 45.2 Å².